The molecule has 3 aromatic heterocycles. The molecule has 3 heterocycles. The van der Waals surface area contributed by atoms with Gasteiger partial charge in [-0.25, -0.2) is 9.97 Å². The van der Waals surface area contributed by atoms with Gasteiger partial charge in [-0.2, -0.15) is 5.06 Å². The molecule has 37 heavy (non-hydrogen) atoms. The van der Waals surface area contributed by atoms with Crippen molar-refractivity contribution in [3.8, 4) is 17.6 Å². The molecule has 1 amide bonds. The molecule has 9 nitrogen and oxygen atoms in total. The Morgan fingerprint density at radius 3 is 2.76 bits per heavy atom. The van der Waals surface area contributed by atoms with Crippen LogP contribution in [0, 0.1) is 25.7 Å². The van der Waals surface area contributed by atoms with E-state index < -0.39 is 0 Å². The molecule has 1 N–H and O–H groups in total. The SMILES string of the molecule is Cc1cccc(N(Oc2ccc(C)nc2)c2ncnc3ccc(C#CCNC(=O)c4ccno4)cc23)c1. The van der Waals surface area contributed by atoms with Gasteiger partial charge in [0, 0.05) is 22.7 Å². The second-order valence-corrected chi connectivity index (χ2v) is 8.15. The van der Waals surface area contributed by atoms with E-state index in [0.717, 1.165) is 33.4 Å². The first-order valence-corrected chi connectivity index (χ1v) is 11.5. The van der Waals surface area contributed by atoms with E-state index in [1.807, 2.05) is 68.4 Å². The lowest BCUT2D eigenvalue weighted by Crippen LogP contribution is -2.23. The Balaban J connectivity index is 1.47. The van der Waals surface area contributed by atoms with Crippen LogP contribution in [0.4, 0.5) is 11.5 Å². The highest BCUT2D eigenvalue weighted by Gasteiger charge is 2.18. The summed E-state index contributed by atoms with van der Waals surface area (Å²) in [4.78, 5) is 31.6. The number of rotatable bonds is 6. The van der Waals surface area contributed by atoms with Crippen LogP contribution in [0.25, 0.3) is 10.9 Å². The third kappa shape index (κ3) is 5.55. The van der Waals surface area contributed by atoms with Gasteiger partial charge in [-0.15, -0.1) is 0 Å². The van der Waals surface area contributed by atoms with Crippen LogP contribution in [-0.2, 0) is 0 Å². The highest BCUT2D eigenvalue weighted by molar-refractivity contribution is 5.92. The van der Waals surface area contributed by atoms with Gasteiger partial charge < -0.3 is 14.7 Å². The Hall–Kier alpha value is -5.23. The number of nitrogens with one attached hydrogen (secondary N) is 1. The summed E-state index contributed by atoms with van der Waals surface area (Å²) in [5, 5.41) is 8.62. The average Bonchev–Trinajstić information content (AvgIpc) is 3.46. The van der Waals surface area contributed by atoms with Gasteiger partial charge >= 0.3 is 0 Å². The molecule has 0 spiro atoms. The van der Waals surface area contributed by atoms with Crippen LogP contribution in [0.1, 0.15) is 27.4 Å². The minimum Gasteiger partial charge on any atom is -0.372 e. The molecule has 9 heteroatoms. The molecule has 0 saturated heterocycles. The van der Waals surface area contributed by atoms with Crippen molar-refractivity contribution < 1.29 is 14.2 Å². The molecule has 2 aromatic carbocycles. The fraction of sp³-hybridized carbons (Fsp3) is 0.107. The van der Waals surface area contributed by atoms with Crippen LogP contribution < -0.4 is 15.2 Å². The Kier molecular flexibility index (Phi) is 6.72. The molecule has 5 aromatic rings. The maximum Gasteiger partial charge on any atom is 0.290 e. The standard InChI is InChI=1S/C28H22N6O3/c1-19-5-3-7-22(15-19)34(37-23-10-8-20(2)30-17-23)27-24-16-21(9-11-25(24)31-18-32-27)6-4-13-29-28(35)26-12-14-33-36-26/h3,5,7-12,14-18H,13H2,1-2H3,(H,29,35). The number of hydrogen-bond donors (Lipinski definition) is 1. The van der Waals surface area contributed by atoms with E-state index in [2.05, 4.69) is 37.3 Å². The number of benzene rings is 2. The van der Waals surface area contributed by atoms with Crippen molar-refractivity contribution in [2.45, 2.75) is 13.8 Å². The highest BCUT2D eigenvalue weighted by Crippen LogP contribution is 2.31. The molecule has 0 atom stereocenters. The van der Waals surface area contributed by atoms with Crippen LogP contribution in [-0.4, -0.2) is 32.6 Å². The van der Waals surface area contributed by atoms with Gasteiger partial charge in [-0.3, -0.25) is 9.78 Å². The normalized spacial score (nSPS) is 10.4. The largest absolute Gasteiger partial charge is 0.372 e. The lowest BCUT2D eigenvalue weighted by atomic mass is 10.1. The van der Waals surface area contributed by atoms with Crippen LogP contribution in [0.2, 0.25) is 0 Å². The molecular formula is C28H22N6O3. The molecule has 0 aliphatic heterocycles. The first-order chi connectivity index (χ1) is 18.1. The van der Waals surface area contributed by atoms with Gasteiger partial charge in [0.25, 0.3) is 5.91 Å². The number of carbonyl (C=O) groups excluding carboxylic acids is 1. The van der Waals surface area contributed by atoms with Gasteiger partial charge in [0.15, 0.2) is 11.6 Å². The van der Waals surface area contributed by atoms with Gasteiger partial charge in [0.05, 0.1) is 30.1 Å². The minimum atomic E-state index is -0.377. The highest BCUT2D eigenvalue weighted by atomic mass is 16.7. The Labute approximate surface area is 213 Å². The second kappa shape index (κ2) is 10.6. The number of nitrogens with zero attached hydrogens (tertiary/aromatic N) is 5. The number of carbonyl (C=O) groups is 1. The summed E-state index contributed by atoms with van der Waals surface area (Å²) in [6, 6.07) is 18.8. The molecule has 0 fully saturated rings. The number of fused-ring (bicyclic) bond motifs is 1. The molecule has 0 aliphatic rings. The second-order valence-electron chi connectivity index (χ2n) is 8.15. The predicted octanol–water partition coefficient (Wildman–Crippen LogP) is 4.54. The smallest absolute Gasteiger partial charge is 0.290 e. The molecule has 0 aliphatic carbocycles. The summed E-state index contributed by atoms with van der Waals surface area (Å²) in [5.74, 6) is 6.90. The summed E-state index contributed by atoms with van der Waals surface area (Å²) in [6.07, 6.45) is 4.58. The number of hydrogen-bond acceptors (Lipinski definition) is 8. The monoisotopic (exact) mass is 490 g/mol. The van der Waals surface area contributed by atoms with Crippen LogP contribution >= 0.6 is 0 Å². The third-order valence-electron chi connectivity index (χ3n) is 5.36. The number of pyridine rings is 1. The maximum absolute atomic E-state index is 12.0. The zero-order valence-corrected chi connectivity index (χ0v) is 20.2. The van der Waals surface area contributed by atoms with Gasteiger partial charge in [-0.05, 0) is 61.9 Å². The van der Waals surface area contributed by atoms with Gasteiger partial charge in [0.2, 0.25) is 5.76 Å². The van der Waals surface area contributed by atoms with E-state index in [0.29, 0.717) is 11.6 Å². The van der Waals surface area contributed by atoms with Gasteiger partial charge in [0.1, 0.15) is 6.33 Å². The van der Waals surface area contributed by atoms with Crippen molar-refractivity contribution in [1.29, 1.82) is 0 Å². The molecule has 0 unspecified atom stereocenters. The first kappa shape index (κ1) is 23.5. The van der Waals surface area contributed by atoms with E-state index in [4.69, 9.17) is 9.36 Å². The summed E-state index contributed by atoms with van der Waals surface area (Å²) in [7, 11) is 0. The molecule has 0 saturated carbocycles. The van der Waals surface area contributed by atoms with E-state index in [1.165, 1.54) is 18.6 Å². The van der Waals surface area contributed by atoms with E-state index in [9.17, 15) is 4.79 Å². The summed E-state index contributed by atoms with van der Waals surface area (Å²) in [5.41, 5.74) is 4.23. The van der Waals surface area contributed by atoms with E-state index in [-0.39, 0.29) is 18.2 Å². The fourth-order valence-electron chi connectivity index (χ4n) is 3.56. The molecule has 0 radical (unpaired) electrons. The molecule has 182 valence electrons. The van der Waals surface area contributed by atoms with Crippen molar-refractivity contribution in [1.82, 2.24) is 25.4 Å². The minimum absolute atomic E-state index is 0.134. The number of anilines is 2. The van der Waals surface area contributed by atoms with E-state index in [1.54, 1.807) is 11.3 Å². The van der Waals surface area contributed by atoms with Crippen LogP contribution in [0.3, 0.4) is 0 Å². The zero-order chi connectivity index (χ0) is 25.6. The fourth-order valence-corrected chi connectivity index (χ4v) is 3.56. The maximum atomic E-state index is 12.0. The number of aryl methyl sites for hydroxylation is 2. The first-order valence-electron chi connectivity index (χ1n) is 11.5. The summed E-state index contributed by atoms with van der Waals surface area (Å²) < 4.78 is 4.84. The summed E-state index contributed by atoms with van der Waals surface area (Å²) in [6.45, 7) is 4.08. The quantitative estimate of drug-likeness (QED) is 0.273. The Bertz CT molecular complexity index is 1610. The molecule has 5 rings (SSSR count). The van der Waals surface area contributed by atoms with Crippen molar-refractivity contribution in [2.24, 2.45) is 0 Å². The molecule has 0 bridgehead atoms. The summed E-state index contributed by atoms with van der Waals surface area (Å²) >= 11 is 0. The molecular weight excluding hydrogens is 468 g/mol. The lowest BCUT2D eigenvalue weighted by Gasteiger charge is -2.24. The van der Waals surface area contributed by atoms with Crippen molar-refractivity contribution in [3.05, 3.63) is 102 Å². The Morgan fingerprint density at radius 2 is 1.97 bits per heavy atom. The Morgan fingerprint density at radius 1 is 1.05 bits per heavy atom. The van der Waals surface area contributed by atoms with Crippen molar-refractivity contribution >= 4 is 28.3 Å². The lowest BCUT2D eigenvalue weighted by molar-refractivity contribution is 0.0922. The average molecular weight is 491 g/mol. The van der Waals surface area contributed by atoms with Crippen molar-refractivity contribution in [2.75, 3.05) is 11.6 Å². The van der Waals surface area contributed by atoms with Crippen LogP contribution in [0.15, 0.2) is 83.9 Å². The number of aromatic nitrogens is 4. The van der Waals surface area contributed by atoms with Crippen molar-refractivity contribution in [3.63, 3.8) is 0 Å². The third-order valence-corrected chi connectivity index (χ3v) is 5.36. The predicted molar refractivity (Wildman–Crippen MR) is 138 cm³/mol. The number of amides is 1. The van der Waals surface area contributed by atoms with Crippen LogP contribution in [0.5, 0.6) is 5.75 Å². The topological polar surface area (TPSA) is 106 Å². The zero-order valence-electron chi connectivity index (χ0n) is 20.2. The van der Waals surface area contributed by atoms with Gasteiger partial charge in [-0.1, -0.05) is 29.1 Å². The van der Waals surface area contributed by atoms with E-state index >= 15 is 0 Å².